The molecule has 5 nitrogen and oxygen atoms in total. The first-order valence-corrected chi connectivity index (χ1v) is 8.57. The summed E-state index contributed by atoms with van der Waals surface area (Å²) in [6.45, 7) is 6.92. The van der Waals surface area contributed by atoms with E-state index in [-0.39, 0.29) is 18.4 Å². The minimum Gasteiger partial charge on any atom is -0.343 e. The number of nitrogens with zero attached hydrogens (tertiary/aromatic N) is 2. The van der Waals surface area contributed by atoms with Crippen LogP contribution in [-0.2, 0) is 4.79 Å². The third-order valence-corrected chi connectivity index (χ3v) is 4.35. The van der Waals surface area contributed by atoms with E-state index in [1.807, 2.05) is 36.7 Å². The van der Waals surface area contributed by atoms with Crippen LogP contribution in [0.25, 0.3) is 11.3 Å². The highest BCUT2D eigenvalue weighted by atomic mass is 32.1. The zero-order chi connectivity index (χ0) is 16.8. The average molecular weight is 331 g/mol. The number of carbonyl (C=O) groups excluding carboxylic acids is 2. The Morgan fingerprint density at radius 2 is 1.96 bits per heavy atom. The molecule has 0 aliphatic carbocycles. The van der Waals surface area contributed by atoms with E-state index < -0.39 is 0 Å². The molecule has 6 heteroatoms. The molecule has 0 radical (unpaired) electrons. The van der Waals surface area contributed by atoms with Gasteiger partial charge in [0.2, 0.25) is 5.91 Å². The lowest BCUT2D eigenvalue weighted by atomic mass is 10.1. The first-order chi connectivity index (χ1) is 11.1. The Morgan fingerprint density at radius 1 is 1.22 bits per heavy atom. The summed E-state index contributed by atoms with van der Waals surface area (Å²) in [5.41, 5.74) is 3.04. The van der Waals surface area contributed by atoms with Crippen molar-refractivity contribution in [2.75, 3.05) is 19.6 Å². The smallest absolute Gasteiger partial charge is 0.253 e. The summed E-state index contributed by atoms with van der Waals surface area (Å²) in [6.07, 6.45) is 0. The Kier molecular flexibility index (Phi) is 5.87. The van der Waals surface area contributed by atoms with Crippen LogP contribution in [0.1, 0.15) is 29.9 Å². The van der Waals surface area contributed by atoms with Gasteiger partial charge >= 0.3 is 0 Å². The van der Waals surface area contributed by atoms with Crippen LogP contribution >= 0.6 is 11.3 Å². The molecule has 0 aromatic carbocycles. The normalized spacial score (nSPS) is 10.4. The van der Waals surface area contributed by atoms with Gasteiger partial charge in [-0.05, 0) is 44.4 Å². The first-order valence-electron chi connectivity index (χ1n) is 7.63. The van der Waals surface area contributed by atoms with E-state index in [0.29, 0.717) is 24.3 Å². The molecule has 2 heterocycles. The summed E-state index contributed by atoms with van der Waals surface area (Å²) < 4.78 is 0. The summed E-state index contributed by atoms with van der Waals surface area (Å²) in [4.78, 5) is 30.3. The molecule has 0 saturated heterocycles. The fourth-order valence-electron chi connectivity index (χ4n) is 2.31. The van der Waals surface area contributed by atoms with Crippen LogP contribution in [0, 0.1) is 6.92 Å². The fourth-order valence-corrected chi connectivity index (χ4v) is 2.96. The van der Waals surface area contributed by atoms with Crippen LogP contribution in [0.2, 0.25) is 0 Å². The number of hydrogen-bond acceptors (Lipinski definition) is 4. The van der Waals surface area contributed by atoms with Gasteiger partial charge in [-0.25, -0.2) is 0 Å². The zero-order valence-corrected chi connectivity index (χ0v) is 14.4. The van der Waals surface area contributed by atoms with E-state index in [0.717, 1.165) is 11.3 Å². The van der Waals surface area contributed by atoms with E-state index in [1.165, 1.54) is 0 Å². The second-order valence-corrected chi connectivity index (χ2v) is 5.87. The number of likely N-dealkylation sites (N-methyl/N-ethyl adjacent to an activating group) is 1. The highest BCUT2D eigenvalue weighted by Gasteiger charge is 2.14. The van der Waals surface area contributed by atoms with Crippen LogP contribution < -0.4 is 5.32 Å². The molecular formula is C17H21N3O2S. The van der Waals surface area contributed by atoms with Gasteiger partial charge in [-0.2, -0.15) is 11.3 Å². The molecule has 0 atom stereocenters. The molecule has 23 heavy (non-hydrogen) atoms. The van der Waals surface area contributed by atoms with Crippen LogP contribution in [0.4, 0.5) is 0 Å². The van der Waals surface area contributed by atoms with Crippen molar-refractivity contribution in [3.8, 4) is 11.3 Å². The minimum absolute atomic E-state index is 0.00619. The molecule has 122 valence electrons. The van der Waals surface area contributed by atoms with Gasteiger partial charge in [-0.3, -0.25) is 14.6 Å². The number of aromatic nitrogens is 1. The lowest BCUT2D eigenvalue weighted by Gasteiger charge is -2.18. The van der Waals surface area contributed by atoms with Crippen molar-refractivity contribution in [2.45, 2.75) is 20.8 Å². The molecule has 2 rings (SSSR count). The lowest BCUT2D eigenvalue weighted by molar-refractivity contribution is -0.129. The number of carbonyl (C=O) groups is 2. The Hall–Kier alpha value is -2.21. The van der Waals surface area contributed by atoms with E-state index in [2.05, 4.69) is 10.3 Å². The third-order valence-electron chi connectivity index (χ3n) is 3.66. The molecule has 0 bridgehead atoms. The van der Waals surface area contributed by atoms with E-state index in [4.69, 9.17) is 0 Å². The molecule has 2 aromatic heterocycles. The van der Waals surface area contributed by atoms with Crippen LogP contribution in [0.5, 0.6) is 0 Å². The second kappa shape index (κ2) is 7.87. The van der Waals surface area contributed by atoms with Gasteiger partial charge in [0.05, 0.1) is 23.5 Å². The number of nitrogens with one attached hydrogen (secondary N) is 1. The Morgan fingerprint density at radius 3 is 2.52 bits per heavy atom. The fraction of sp³-hybridized carbons (Fsp3) is 0.353. The van der Waals surface area contributed by atoms with E-state index in [1.54, 1.807) is 29.2 Å². The molecule has 0 spiro atoms. The third kappa shape index (κ3) is 4.16. The van der Waals surface area contributed by atoms with Crippen molar-refractivity contribution in [2.24, 2.45) is 0 Å². The summed E-state index contributed by atoms with van der Waals surface area (Å²) in [6, 6.07) is 5.58. The van der Waals surface area contributed by atoms with E-state index in [9.17, 15) is 9.59 Å². The highest BCUT2D eigenvalue weighted by molar-refractivity contribution is 7.08. The number of aryl methyl sites for hydroxylation is 1. The maximum Gasteiger partial charge on any atom is 0.253 e. The van der Waals surface area contributed by atoms with Gasteiger partial charge in [0.15, 0.2) is 0 Å². The zero-order valence-electron chi connectivity index (χ0n) is 13.6. The number of pyridine rings is 1. The maximum atomic E-state index is 12.2. The molecule has 0 fully saturated rings. The summed E-state index contributed by atoms with van der Waals surface area (Å²) in [7, 11) is 0. The largest absolute Gasteiger partial charge is 0.343 e. The number of amides is 2. The average Bonchev–Trinajstić information content (AvgIpc) is 3.08. The van der Waals surface area contributed by atoms with Gasteiger partial charge < -0.3 is 10.2 Å². The molecule has 2 amide bonds. The second-order valence-electron chi connectivity index (χ2n) is 5.09. The molecular weight excluding hydrogens is 310 g/mol. The molecule has 1 N–H and O–H groups in total. The predicted molar refractivity (Wildman–Crippen MR) is 92.5 cm³/mol. The predicted octanol–water partition coefficient (Wildman–Crippen LogP) is 2.72. The topological polar surface area (TPSA) is 62.3 Å². The van der Waals surface area contributed by atoms with Crippen molar-refractivity contribution < 1.29 is 9.59 Å². The van der Waals surface area contributed by atoms with Crippen LogP contribution in [0.15, 0.2) is 29.0 Å². The van der Waals surface area contributed by atoms with Crippen molar-refractivity contribution in [1.82, 2.24) is 15.2 Å². The van der Waals surface area contributed by atoms with E-state index >= 15 is 0 Å². The quantitative estimate of drug-likeness (QED) is 0.885. The van der Waals surface area contributed by atoms with Crippen molar-refractivity contribution in [1.29, 1.82) is 0 Å². The van der Waals surface area contributed by atoms with Gasteiger partial charge in [-0.1, -0.05) is 0 Å². The van der Waals surface area contributed by atoms with Crippen molar-refractivity contribution >= 4 is 23.2 Å². The highest BCUT2D eigenvalue weighted by Crippen LogP contribution is 2.21. The molecule has 0 aliphatic rings. The van der Waals surface area contributed by atoms with Gasteiger partial charge in [0.1, 0.15) is 0 Å². The number of rotatable bonds is 6. The molecule has 0 unspecified atom stereocenters. The lowest BCUT2D eigenvalue weighted by Crippen LogP contribution is -2.40. The number of hydrogen-bond donors (Lipinski definition) is 1. The summed E-state index contributed by atoms with van der Waals surface area (Å²) in [5.74, 6) is -0.351. The molecule has 2 aromatic rings. The summed E-state index contributed by atoms with van der Waals surface area (Å²) in [5, 5.41) is 6.68. The maximum absolute atomic E-state index is 12.2. The van der Waals surface area contributed by atoms with Crippen molar-refractivity contribution in [3.05, 3.63) is 40.2 Å². The monoisotopic (exact) mass is 331 g/mol. The van der Waals surface area contributed by atoms with Gasteiger partial charge in [-0.15, -0.1) is 0 Å². The van der Waals surface area contributed by atoms with Gasteiger partial charge in [0, 0.05) is 24.0 Å². The van der Waals surface area contributed by atoms with Crippen molar-refractivity contribution in [3.63, 3.8) is 0 Å². The standard InChI is InChI=1S/C17H21N3O2S/c1-4-20(5-2)16(21)10-18-17(22)14-6-7-15(19-12(14)3)13-8-9-23-11-13/h6-9,11H,4-5,10H2,1-3H3,(H,18,22). The van der Waals surface area contributed by atoms with Crippen LogP contribution in [0.3, 0.4) is 0 Å². The molecule has 0 aliphatic heterocycles. The number of thiophene rings is 1. The van der Waals surface area contributed by atoms with Crippen LogP contribution in [-0.4, -0.2) is 41.3 Å². The molecule has 0 saturated carbocycles. The Labute approximate surface area is 140 Å². The summed E-state index contributed by atoms with van der Waals surface area (Å²) >= 11 is 1.61. The van der Waals surface area contributed by atoms with Gasteiger partial charge in [0.25, 0.3) is 5.91 Å². The Balaban J connectivity index is 2.04. The minimum atomic E-state index is -0.271. The first kappa shape index (κ1) is 17.1. The SMILES string of the molecule is CCN(CC)C(=O)CNC(=O)c1ccc(-c2ccsc2)nc1C. The Bertz CT molecular complexity index is 679.